The molecule has 6 rings (SSSR count). The fraction of sp³-hybridized carbons (Fsp3) is 0.829. The van der Waals surface area contributed by atoms with Gasteiger partial charge in [0, 0.05) is 58.5 Å². The molecular formula is C35H57N2SiW-. The Morgan fingerprint density at radius 1 is 0.821 bits per heavy atom. The van der Waals surface area contributed by atoms with Gasteiger partial charge in [0.05, 0.1) is 0 Å². The molecule has 1 aromatic heterocycles. The van der Waals surface area contributed by atoms with Crippen LogP contribution in [0.15, 0.2) is 12.1 Å². The Morgan fingerprint density at radius 2 is 1.54 bits per heavy atom. The van der Waals surface area contributed by atoms with E-state index in [4.69, 9.17) is 4.98 Å². The molecule has 1 N–H and O–H groups in total. The first-order valence-electron chi connectivity index (χ1n) is 16.7. The van der Waals surface area contributed by atoms with Crippen LogP contribution in [0.5, 0.6) is 0 Å². The summed E-state index contributed by atoms with van der Waals surface area (Å²) < 4.78 is 0. The van der Waals surface area contributed by atoms with Gasteiger partial charge in [-0.05, 0) is 99.6 Å². The SMILES string of the molecule is Cc1ccc(C2CCCC3C2C[CH-]C3[Si](C)(C)C2C(C)CC3C(C4CCC(C)C(C)N4)CCCC32)nc1C.[W]. The maximum absolute atomic E-state index is 5.14. The molecule has 1 saturated heterocycles. The summed E-state index contributed by atoms with van der Waals surface area (Å²) in [5.74, 6) is 7.17. The molecule has 4 aliphatic carbocycles. The first kappa shape index (κ1) is 30.5. The van der Waals surface area contributed by atoms with Crippen molar-refractivity contribution in [2.45, 2.75) is 141 Å². The number of nitrogens with one attached hydrogen (secondary N) is 1. The minimum Gasteiger partial charge on any atom is -0.327 e. The quantitative estimate of drug-likeness (QED) is 0.249. The van der Waals surface area contributed by atoms with Gasteiger partial charge < -0.3 is 11.7 Å². The van der Waals surface area contributed by atoms with Crippen LogP contribution in [-0.2, 0) is 21.1 Å². The number of fused-ring (bicyclic) bond motifs is 2. The van der Waals surface area contributed by atoms with Gasteiger partial charge in [0.25, 0.3) is 0 Å². The van der Waals surface area contributed by atoms with E-state index < -0.39 is 8.07 Å². The largest absolute Gasteiger partial charge is 0.327 e. The van der Waals surface area contributed by atoms with Crippen LogP contribution in [0.25, 0.3) is 0 Å². The molecule has 2 nitrogen and oxygen atoms in total. The second-order valence-corrected chi connectivity index (χ2v) is 20.6. The van der Waals surface area contributed by atoms with E-state index in [1.54, 1.807) is 0 Å². The van der Waals surface area contributed by atoms with Crippen LogP contribution in [-0.4, -0.2) is 25.1 Å². The summed E-state index contributed by atoms with van der Waals surface area (Å²) in [4.78, 5) is 5.14. The van der Waals surface area contributed by atoms with Gasteiger partial charge >= 0.3 is 0 Å². The Morgan fingerprint density at radius 3 is 2.28 bits per heavy atom. The van der Waals surface area contributed by atoms with E-state index in [1.807, 2.05) is 0 Å². The third kappa shape index (κ3) is 5.46. The second kappa shape index (κ2) is 12.0. The third-order valence-corrected chi connectivity index (χ3v) is 18.5. The summed E-state index contributed by atoms with van der Waals surface area (Å²) in [6.45, 7) is 17.7. The monoisotopic (exact) mass is 717 g/mol. The molecule has 1 aliphatic heterocycles. The molecule has 5 fully saturated rings. The average Bonchev–Trinajstić information content (AvgIpc) is 3.48. The molecule has 218 valence electrons. The van der Waals surface area contributed by atoms with Gasteiger partial charge in [-0.15, -0.1) is 0 Å². The zero-order chi connectivity index (χ0) is 26.8. The molecule has 39 heavy (non-hydrogen) atoms. The summed E-state index contributed by atoms with van der Waals surface area (Å²) in [6, 6.07) is 6.19. The topological polar surface area (TPSA) is 24.9 Å². The molecule has 12 unspecified atom stereocenters. The molecule has 2 heterocycles. The van der Waals surface area contributed by atoms with E-state index in [2.05, 4.69) is 71.6 Å². The van der Waals surface area contributed by atoms with Gasteiger partial charge in [-0.3, -0.25) is 4.98 Å². The summed E-state index contributed by atoms with van der Waals surface area (Å²) in [5.41, 5.74) is 5.93. The Bertz CT molecular complexity index is 995. The van der Waals surface area contributed by atoms with Crippen LogP contribution < -0.4 is 5.32 Å². The number of hydrogen-bond donors (Lipinski definition) is 1. The second-order valence-electron chi connectivity index (χ2n) is 15.6. The molecule has 0 aromatic carbocycles. The van der Waals surface area contributed by atoms with Gasteiger partial charge in [0.2, 0.25) is 0 Å². The van der Waals surface area contributed by atoms with Crippen molar-refractivity contribution in [3.63, 3.8) is 0 Å². The molecular weight excluding hydrogens is 660 g/mol. The Kier molecular flexibility index (Phi) is 9.34. The van der Waals surface area contributed by atoms with Crippen LogP contribution in [0.1, 0.15) is 108 Å². The van der Waals surface area contributed by atoms with Gasteiger partial charge in [-0.1, -0.05) is 70.5 Å². The van der Waals surface area contributed by atoms with Gasteiger partial charge in [0.1, 0.15) is 0 Å². The van der Waals surface area contributed by atoms with Crippen molar-refractivity contribution in [2.24, 2.45) is 41.4 Å². The third-order valence-electron chi connectivity index (χ3n) is 13.4. The molecule has 1 aromatic rings. The number of nitrogens with zero attached hydrogens (tertiary/aromatic N) is 1. The molecule has 0 spiro atoms. The zero-order valence-electron chi connectivity index (χ0n) is 26.1. The van der Waals surface area contributed by atoms with Gasteiger partial charge in [-0.25, -0.2) is 0 Å². The molecule has 4 saturated carbocycles. The van der Waals surface area contributed by atoms with Crippen molar-refractivity contribution in [1.29, 1.82) is 0 Å². The van der Waals surface area contributed by atoms with Crippen molar-refractivity contribution in [2.75, 3.05) is 0 Å². The smallest absolute Gasteiger partial charge is 0.0439 e. The number of aromatic nitrogens is 1. The standard InChI is InChI=1S/C35H57N2Si.W/c1-21-14-17-32(36-24(21)4)27-10-8-12-29-26(27)16-19-34(29)38(6,7)35-23(3)20-31-28(11-9-13-30(31)35)33-18-15-22(2)25(5)37-33;/h14,17,19,22-23,25-31,33-35,37H,8-13,15-16,18,20H2,1-7H3;/q-1;. The van der Waals surface area contributed by atoms with E-state index in [9.17, 15) is 0 Å². The van der Waals surface area contributed by atoms with E-state index in [-0.39, 0.29) is 21.1 Å². The maximum Gasteiger partial charge on any atom is 0.0439 e. The number of aryl methyl sites for hydroxylation is 2. The van der Waals surface area contributed by atoms with Crippen molar-refractivity contribution in [1.82, 2.24) is 10.3 Å². The maximum atomic E-state index is 5.14. The van der Waals surface area contributed by atoms with Crippen LogP contribution in [0.2, 0.25) is 24.2 Å². The Balaban J connectivity index is 0.00000308. The van der Waals surface area contributed by atoms with E-state index in [0.29, 0.717) is 12.0 Å². The zero-order valence-corrected chi connectivity index (χ0v) is 30.0. The van der Waals surface area contributed by atoms with Crippen LogP contribution in [0.4, 0.5) is 0 Å². The first-order chi connectivity index (χ1) is 18.2. The molecule has 0 radical (unpaired) electrons. The number of piperidine rings is 1. The van der Waals surface area contributed by atoms with E-state index in [1.165, 1.54) is 81.2 Å². The van der Waals surface area contributed by atoms with Crippen LogP contribution in [0, 0.1) is 61.7 Å². The predicted octanol–water partition coefficient (Wildman–Crippen LogP) is 9.10. The molecule has 4 heteroatoms. The minimum absolute atomic E-state index is 0. The Hall–Kier alpha value is 0.0152. The summed E-state index contributed by atoms with van der Waals surface area (Å²) in [7, 11) is -1.47. The minimum atomic E-state index is -1.47. The fourth-order valence-corrected chi connectivity index (χ4v) is 17.2. The summed E-state index contributed by atoms with van der Waals surface area (Å²) in [5, 5.41) is 4.14. The predicted molar refractivity (Wildman–Crippen MR) is 164 cm³/mol. The van der Waals surface area contributed by atoms with Crippen molar-refractivity contribution in [3.8, 4) is 0 Å². The van der Waals surface area contributed by atoms with Gasteiger partial charge in [-0.2, -0.15) is 12.0 Å². The molecule has 5 aliphatic rings. The van der Waals surface area contributed by atoms with Crippen molar-refractivity contribution >= 4 is 8.07 Å². The number of rotatable bonds is 4. The van der Waals surface area contributed by atoms with Crippen molar-refractivity contribution < 1.29 is 21.1 Å². The van der Waals surface area contributed by atoms with Crippen molar-refractivity contribution in [3.05, 3.63) is 35.5 Å². The average molecular weight is 718 g/mol. The van der Waals surface area contributed by atoms with Crippen LogP contribution >= 0.6 is 0 Å². The molecule has 12 atom stereocenters. The first-order valence-corrected chi connectivity index (χ1v) is 19.9. The van der Waals surface area contributed by atoms with E-state index in [0.717, 1.165) is 58.5 Å². The van der Waals surface area contributed by atoms with Crippen LogP contribution in [0.3, 0.4) is 0 Å². The Labute approximate surface area is 256 Å². The molecule has 0 amide bonds. The van der Waals surface area contributed by atoms with E-state index >= 15 is 0 Å². The number of hydrogen-bond acceptors (Lipinski definition) is 2. The fourth-order valence-electron chi connectivity index (χ4n) is 11.4. The molecule has 0 bridgehead atoms. The number of pyridine rings is 1. The normalized spacial score (nSPS) is 44.4. The summed E-state index contributed by atoms with van der Waals surface area (Å²) >= 11 is 0. The van der Waals surface area contributed by atoms with Gasteiger partial charge in [0.15, 0.2) is 0 Å². The summed E-state index contributed by atoms with van der Waals surface area (Å²) in [6.07, 6.45) is 17.4.